The lowest BCUT2D eigenvalue weighted by molar-refractivity contribution is 0.0733. The van der Waals surface area contributed by atoms with Gasteiger partial charge in [0.2, 0.25) is 0 Å². The molecule has 29 heavy (non-hydrogen) atoms. The summed E-state index contributed by atoms with van der Waals surface area (Å²) in [5, 5.41) is 0. The van der Waals surface area contributed by atoms with E-state index in [9.17, 15) is 4.79 Å². The molecule has 0 atom stereocenters. The Morgan fingerprint density at radius 3 is 2.52 bits per heavy atom. The summed E-state index contributed by atoms with van der Waals surface area (Å²) in [6.45, 7) is 4.12. The maximum Gasteiger partial charge on any atom is 0.254 e. The molecule has 2 aromatic carbocycles. The van der Waals surface area contributed by atoms with Crippen LogP contribution in [0.3, 0.4) is 0 Å². The molecule has 0 saturated heterocycles. The lowest BCUT2D eigenvalue weighted by Gasteiger charge is -2.31. The van der Waals surface area contributed by atoms with Crippen molar-refractivity contribution in [2.75, 3.05) is 25.0 Å². The van der Waals surface area contributed by atoms with Crippen LogP contribution < -0.4 is 4.90 Å². The molecule has 6 heteroatoms. The van der Waals surface area contributed by atoms with Crippen LogP contribution in [0, 0.1) is 0 Å². The smallest absolute Gasteiger partial charge is 0.254 e. The molecule has 3 aromatic rings. The molecule has 0 radical (unpaired) electrons. The number of amides is 1. The van der Waals surface area contributed by atoms with E-state index in [0.717, 1.165) is 45.9 Å². The van der Waals surface area contributed by atoms with Gasteiger partial charge in [0.05, 0.1) is 12.2 Å². The maximum atomic E-state index is 13.0. The van der Waals surface area contributed by atoms with Gasteiger partial charge in [0.15, 0.2) is 5.82 Å². The molecule has 0 bridgehead atoms. The second kappa shape index (κ2) is 8.33. The van der Waals surface area contributed by atoms with Crippen molar-refractivity contribution in [3.05, 3.63) is 75.9 Å². The third kappa shape index (κ3) is 4.03. The van der Waals surface area contributed by atoms with Crippen LogP contribution in [0.2, 0.25) is 0 Å². The number of carbonyl (C=O) groups excluding carboxylic acids is 1. The fourth-order valence-electron chi connectivity index (χ4n) is 3.53. The summed E-state index contributed by atoms with van der Waals surface area (Å²) < 4.78 is 0.965. The van der Waals surface area contributed by atoms with Gasteiger partial charge in [0.25, 0.3) is 5.91 Å². The fourth-order valence-corrected chi connectivity index (χ4v) is 3.79. The summed E-state index contributed by atoms with van der Waals surface area (Å²) in [6, 6.07) is 17.6. The van der Waals surface area contributed by atoms with Crippen LogP contribution in [0.4, 0.5) is 5.82 Å². The number of hydrogen-bond donors (Lipinski definition) is 0. The Kier molecular flexibility index (Phi) is 5.62. The van der Waals surface area contributed by atoms with Gasteiger partial charge < -0.3 is 9.80 Å². The highest BCUT2D eigenvalue weighted by Gasteiger charge is 2.27. The van der Waals surface area contributed by atoms with E-state index in [0.29, 0.717) is 18.7 Å². The number of halogens is 1. The molecule has 0 saturated carbocycles. The molecule has 1 aliphatic rings. The van der Waals surface area contributed by atoms with Gasteiger partial charge in [-0.2, -0.15) is 0 Å². The van der Waals surface area contributed by atoms with Crippen LogP contribution in [0.5, 0.6) is 0 Å². The summed E-state index contributed by atoms with van der Waals surface area (Å²) in [5.41, 5.74) is 3.79. The number of benzene rings is 2. The van der Waals surface area contributed by atoms with Crippen molar-refractivity contribution in [1.29, 1.82) is 0 Å². The Morgan fingerprint density at radius 1 is 1.10 bits per heavy atom. The largest absolute Gasteiger partial charge is 0.360 e. The third-order valence-electron chi connectivity index (χ3n) is 5.28. The summed E-state index contributed by atoms with van der Waals surface area (Å²) in [7, 11) is 2.03. The first-order valence-electron chi connectivity index (χ1n) is 9.78. The summed E-state index contributed by atoms with van der Waals surface area (Å²) in [5.74, 6) is 1.69. The first-order valence-corrected chi connectivity index (χ1v) is 10.6. The normalized spacial score (nSPS) is 13.1. The molecule has 0 spiro atoms. The van der Waals surface area contributed by atoms with Crippen molar-refractivity contribution >= 4 is 27.7 Å². The van der Waals surface area contributed by atoms with Crippen molar-refractivity contribution in [1.82, 2.24) is 14.9 Å². The fraction of sp³-hybridized carbons (Fsp3) is 0.261. The lowest BCUT2D eigenvalue weighted by Crippen LogP contribution is -2.37. The SMILES string of the molecule is CCN(C)c1nc(-c2ccccc2)nc2c1CN(C(=O)c1ccc(Br)cc1)CC2. The van der Waals surface area contributed by atoms with Crippen LogP contribution >= 0.6 is 15.9 Å². The molecule has 5 nitrogen and oxygen atoms in total. The van der Waals surface area contributed by atoms with E-state index in [-0.39, 0.29) is 5.91 Å². The summed E-state index contributed by atoms with van der Waals surface area (Å²) in [4.78, 5) is 26.8. The Bertz CT molecular complexity index is 1020. The molecule has 1 aliphatic heterocycles. The predicted octanol–water partition coefficient (Wildman–Crippen LogP) is 4.56. The molecule has 0 N–H and O–H groups in total. The van der Waals surface area contributed by atoms with Crippen molar-refractivity contribution in [3.8, 4) is 11.4 Å². The van der Waals surface area contributed by atoms with Gasteiger partial charge in [-0.15, -0.1) is 0 Å². The zero-order valence-electron chi connectivity index (χ0n) is 16.6. The van der Waals surface area contributed by atoms with Gasteiger partial charge in [0, 0.05) is 47.7 Å². The van der Waals surface area contributed by atoms with Crippen molar-refractivity contribution in [2.24, 2.45) is 0 Å². The first kappa shape index (κ1) is 19.6. The molecule has 4 rings (SSSR count). The minimum atomic E-state index is 0.0420. The first-order chi connectivity index (χ1) is 14.1. The Balaban J connectivity index is 1.69. The van der Waals surface area contributed by atoms with Crippen molar-refractivity contribution in [3.63, 3.8) is 0 Å². The van der Waals surface area contributed by atoms with Crippen molar-refractivity contribution in [2.45, 2.75) is 19.9 Å². The van der Waals surface area contributed by atoms with Gasteiger partial charge >= 0.3 is 0 Å². The molecule has 2 heterocycles. The minimum absolute atomic E-state index is 0.0420. The van der Waals surface area contributed by atoms with E-state index in [1.807, 2.05) is 66.5 Å². The molecular weight excluding hydrogens is 428 g/mol. The molecule has 1 amide bonds. The summed E-state index contributed by atoms with van der Waals surface area (Å²) in [6.07, 6.45) is 0.727. The van der Waals surface area contributed by atoms with E-state index in [1.165, 1.54) is 0 Å². The van der Waals surface area contributed by atoms with Crippen LogP contribution in [0.15, 0.2) is 59.1 Å². The third-order valence-corrected chi connectivity index (χ3v) is 5.81. The maximum absolute atomic E-state index is 13.0. The van der Waals surface area contributed by atoms with Gasteiger partial charge in [0.1, 0.15) is 5.82 Å². The van der Waals surface area contributed by atoms with Gasteiger partial charge in [-0.05, 0) is 31.2 Å². The Morgan fingerprint density at radius 2 is 1.83 bits per heavy atom. The second-order valence-electron chi connectivity index (χ2n) is 7.16. The second-order valence-corrected chi connectivity index (χ2v) is 8.08. The predicted molar refractivity (Wildman–Crippen MR) is 119 cm³/mol. The average molecular weight is 451 g/mol. The van der Waals surface area contributed by atoms with Crippen LogP contribution in [-0.4, -0.2) is 40.9 Å². The highest BCUT2D eigenvalue weighted by atomic mass is 79.9. The highest BCUT2D eigenvalue weighted by molar-refractivity contribution is 9.10. The molecule has 0 unspecified atom stereocenters. The Labute approximate surface area is 179 Å². The average Bonchev–Trinajstić information content (AvgIpc) is 2.78. The monoisotopic (exact) mass is 450 g/mol. The lowest BCUT2D eigenvalue weighted by atomic mass is 10.0. The molecular formula is C23H23BrN4O. The van der Waals surface area contributed by atoms with E-state index >= 15 is 0 Å². The molecule has 0 fully saturated rings. The number of nitrogens with zero attached hydrogens (tertiary/aromatic N) is 4. The molecule has 0 aliphatic carbocycles. The zero-order chi connectivity index (χ0) is 20.4. The van der Waals surface area contributed by atoms with Gasteiger partial charge in [-0.3, -0.25) is 4.79 Å². The molecule has 148 valence electrons. The summed E-state index contributed by atoms with van der Waals surface area (Å²) >= 11 is 3.42. The number of rotatable bonds is 4. The number of aromatic nitrogens is 2. The number of anilines is 1. The van der Waals surface area contributed by atoms with Crippen LogP contribution in [-0.2, 0) is 13.0 Å². The van der Waals surface area contributed by atoms with Crippen LogP contribution in [0.25, 0.3) is 11.4 Å². The Hall–Kier alpha value is -2.73. The van der Waals surface area contributed by atoms with E-state index in [1.54, 1.807) is 0 Å². The van der Waals surface area contributed by atoms with E-state index < -0.39 is 0 Å². The molecule has 1 aromatic heterocycles. The van der Waals surface area contributed by atoms with Crippen LogP contribution in [0.1, 0.15) is 28.5 Å². The van der Waals surface area contributed by atoms with Crippen molar-refractivity contribution < 1.29 is 4.79 Å². The van der Waals surface area contributed by atoms with E-state index in [2.05, 4.69) is 27.8 Å². The number of hydrogen-bond acceptors (Lipinski definition) is 4. The van der Waals surface area contributed by atoms with Gasteiger partial charge in [-0.1, -0.05) is 46.3 Å². The highest BCUT2D eigenvalue weighted by Crippen LogP contribution is 2.30. The van der Waals surface area contributed by atoms with E-state index in [4.69, 9.17) is 9.97 Å². The zero-order valence-corrected chi connectivity index (χ0v) is 18.2. The number of carbonyl (C=O) groups is 1. The quantitative estimate of drug-likeness (QED) is 0.584. The number of fused-ring (bicyclic) bond motifs is 1. The minimum Gasteiger partial charge on any atom is -0.360 e. The topological polar surface area (TPSA) is 49.3 Å². The standard InChI is InChI=1S/C23H23BrN4O/c1-3-27(2)22-19-15-28(23(29)17-9-11-18(24)12-10-17)14-13-20(19)25-21(26-22)16-7-5-4-6-8-16/h4-12H,3,13-15H2,1-2H3. The van der Waals surface area contributed by atoms with Gasteiger partial charge in [-0.25, -0.2) is 9.97 Å².